The maximum atomic E-state index is 14.9. The van der Waals surface area contributed by atoms with Crippen LogP contribution in [-0.4, -0.2) is 95.6 Å². The van der Waals surface area contributed by atoms with E-state index in [2.05, 4.69) is 17.4 Å². The van der Waals surface area contributed by atoms with Gasteiger partial charge in [-0.2, -0.15) is 0 Å². The van der Waals surface area contributed by atoms with Gasteiger partial charge in [0.05, 0.1) is 34.3 Å². The zero-order valence-corrected chi connectivity index (χ0v) is 31.9. The summed E-state index contributed by atoms with van der Waals surface area (Å²) in [5, 5.41) is -0.504. The molecule has 2 aromatic rings. The number of ether oxygens (including phenoxy) is 2. The minimum absolute atomic E-state index is 0.00567. The summed E-state index contributed by atoms with van der Waals surface area (Å²) in [4.78, 5) is 56.1. The van der Waals surface area contributed by atoms with E-state index in [1.807, 2.05) is 40.1 Å². The fraction of sp³-hybridized carbons (Fsp3) is 0.634. The van der Waals surface area contributed by atoms with Crippen LogP contribution in [0.1, 0.15) is 95.6 Å². The first-order valence-corrected chi connectivity index (χ1v) is 21.7. The largest absolute Gasteiger partial charge is 0.471 e. The van der Waals surface area contributed by atoms with E-state index in [1.165, 1.54) is 0 Å². The standard InChI is InChI=1S/C41H53N5O7S/c1-2-28-24-41(28,40(49)44-54(50,51)32-15-16-32)19-17-29-22-31-26-46(29)39(48)33(27-10-5-6-11-27)23-37(47)45-20-18-30(25-45)52-21-9-3-4-14-36-38(53-31)43-35-13-8-7-12-34(35)42-36/h2,4,7-8,12-14,27-33H,1,3,5-6,9-11,15-26H2,(H,44,49)/b14-4+/t28-,29+,30-,31+,33-,41-/m0/s1. The predicted molar refractivity (Wildman–Crippen MR) is 203 cm³/mol. The summed E-state index contributed by atoms with van der Waals surface area (Å²) in [5.74, 6) is -0.577. The second kappa shape index (κ2) is 15.4. The Morgan fingerprint density at radius 1 is 1.02 bits per heavy atom. The summed E-state index contributed by atoms with van der Waals surface area (Å²) in [7, 11) is -3.71. The van der Waals surface area contributed by atoms with Gasteiger partial charge in [0.15, 0.2) is 0 Å². The van der Waals surface area contributed by atoms with E-state index in [-0.39, 0.29) is 42.2 Å². The van der Waals surface area contributed by atoms with E-state index in [9.17, 15) is 22.8 Å². The Labute approximate surface area is 318 Å². The number of para-hydroxylation sites is 2. The first-order valence-electron chi connectivity index (χ1n) is 20.1. The molecule has 6 aliphatic rings. The van der Waals surface area contributed by atoms with Crippen molar-refractivity contribution in [3.63, 3.8) is 0 Å². The number of sulfonamides is 1. The number of hydrogen-bond donors (Lipinski definition) is 1. The van der Waals surface area contributed by atoms with Crippen LogP contribution >= 0.6 is 0 Å². The van der Waals surface area contributed by atoms with Crippen molar-refractivity contribution in [3.05, 3.63) is 48.7 Å². The lowest BCUT2D eigenvalue weighted by Gasteiger charge is -2.32. The first-order chi connectivity index (χ1) is 26.1. The first kappa shape index (κ1) is 37.1. The summed E-state index contributed by atoms with van der Waals surface area (Å²) >= 11 is 0. The summed E-state index contributed by atoms with van der Waals surface area (Å²) in [6, 6.07) is 7.40. The van der Waals surface area contributed by atoms with Gasteiger partial charge in [-0.15, -0.1) is 6.58 Å². The SMILES string of the molecule is C=C[C@H]1C[C@]1(CC[C@@H]1C[C@@H]2CN1C(=O)[C@H](C1CCCC1)CC(=O)N1CC[C@@H](C1)OCCC/C=C/c1nc3ccccc3nc1O2)C(=O)NS(=O)(=O)C1CC1. The summed E-state index contributed by atoms with van der Waals surface area (Å²) in [6.07, 6.45) is 14.9. The number of rotatable bonds is 8. The molecule has 6 atom stereocenters. The van der Waals surface area contributed by atoms with Gasteiger partial charge in [0.2, 0.25) is 33.6 Å². The summed E-state index contributed by atoms with van der Waals surface area (Å²) in [6.45, 7) is 6.03. The summed E-state index contributed by atoms with van der Waals surface area (Å²) in [5.41, 5.74) is 1.20. The molecule has 4 heterocycles. The lowest BCUT2D eigenvalue weighted by Crippen LogP contribution is -2.45. The third kappa shape index (κ3) is 7.80. The Hall–Kier alpha value is -3.84. The molecule has 12 nitrogen and oxygen atoms in total. The molecular weight excluding hydrogens is 707 g/mol. The average molecular weight is 760 g/mol. The van der Waals surface area contributed by atoms with Crippen LogP contribution in [0.25, 0.3) is 17.1 Å². The number of allylic oxidation sites excluding steroid dienone is 2. The molecule has 290 valence electrons. The maximum Gasteiger partial charge on any atom is 0.240 e. The van der Waals surface area contributed by atoms with E-state index in [4.69, 9.17) is 19.4 Å². The van der Waals surface area contributed by atoms with Gasteiger partial charge in [-0.05, 0) is 94.3 Å². The van der Waals surface area contributed by atoms with Crippen molar-refractivity contribution in [2.75, 3.05) is 26.2 Å². The predicted octanol–water partition coefficient (Wildman–Crippen LogP) is 5.18. The normalized spacial score (nSPS) is 31.7. The molecule has 13 heteroatoms. The van der Waals surface area contributed by atoms with Gasteiger partial charge in [0, 0.05) is 44.5 Å². The third-order valence-corrected chi connectivity index (χ3v) is 14.6. The van der Waals surface area contributed by atoms with Crippen molar-refractivity contribution in [2.45, 2.75) is 113 Å². The molecule has 3 aliphatic heterocycles. The maximum absolute atomic E-state index is 14.9. The molecule has 54 heavy (non-hydrogen) atoms. The lowest BCUT2D eigenvalue weighted by molar-refractivity contribution is -0.144. The molecule has 2 saturated heterocycles. The number of fused-ring (bicyclic) bond motifs is 6. The van der Waals surface area contributed by atoms with E-state index >= 15 is 0 Å². The number of carbonyl (C=O) groups is 3. The van der Waals surface area contributed by atoms with E-state index in [1.54, 1.807) is 6.08 Å². The van der Waals surface area contributed by atoms with Gasteiger partial charge in [0.1, 0.15) is 11.8 Å². The summed E-state index contributed by atoms with van der Waals surface area (Å²) < 4.78 is 40.9. The molecule has 8 rings (SSSR count). The molecule has 0 spiro atoms. The number of nitrogens with one attached hydrogen (secondary N) is 1. The number of carbonyl (C=O) groups excluding carboxylic acids is 3. The van der Waals surface area contributed by atoms with Crippen molar-refractivity contribution < 1.29 is 32.3 Å². The minimum Gasteiger partial charge on any atom is -0.471 e. The Kier molecular flexibility index (Phi) is 10.6. The number of hydrogen-bond acceptors (Lipinski definition) is 9. The highest BCUT2D eigenvalue weighted by Crippen LogP contribution is 2.57. The van der Waals surface area contributed by atoms with Gasteiger partial charge in [-0.1, -0.05) is 37.1 Å². The van der Waals surface area contributed by atoms with E-state index in [0.29, 0.717) is 81.9 Å². The van der Waals surface area contributed by atoms with Crippen LogP contribution < -0.4 is 9.46 Å². The van der Waals surface area contributed by atoms with Crippen LogP contribution in [0.5, 0.6) is 5.88 Å². The number of amides is 3. The Morgan fingerprint density at radius 3 is 2.54 bits per heavy atom. The molecule has 4 bridgehead atoms. The zero-order chi connectivity index (χ0) is 37.5. The van der Waals surface area contributed by atoms with Crippen molar-refractivity contribution in [2.24, 2.45) is 23.2 Å². The van der Waals surface area contributed by atoms with Crippen LogP contribution in [0.15, 0.2) is 43.0 Å². The van der Waals surface area contributed by atoms with Gasteiger partial charge in [-0.3, -0.25) is 19.1 Å². The fourth-order valence-electron chi connectivity index (χ4n) is 9.36. The van der Waals surface area contributed by atoms with Crippen molar-refractivity contribution in [1.82, 2.24) is 24.5 Å². The van der Waals surface area contributed by atoms with Crippen LogP contribution in [-0.2, 0) is 29.1 Å². The Bertz CT molecular complexity index is 1910. The van der Waals surface area contributed by atoms with Crippen molar-refractivity contribution >= 4 is 44.9 Å². The van der Waals surface area contributed by atoms with Crippen LogP contribution in [0.2, 0.25) is 0 Å². The van der Waals surface area contributed by atoms with Crippen molar-refractivity contribution in [3.8, 4) is 5.88 Å². The fourth-order valence-corrected chi connectivity index (χ4v) is 10.7. The van der Waals surface area contributed by atoms with Gasteiger partial charge >= 0.3 is 0 Å². The van der Waals surface area contributed by atoms with Crippen LogP contribution in [0.3, 0.4) is 0 Å². The molecule has 0 radical (unpaired) electrons. The topological polar surface area (TPSA) is 148 Å². The number of nitrogens with zero attached hydrogens (tertiary/aromatic N) is 4. The van der Waals surface area contributed by atoms with Crippen LogP contribution in [0.4, 0.5) is 0 Å². The van der Waals surface area contributed by atoms with E-state index in [0.717, 1.165) is 50.5 Å². The average Bonchev–Trinajstić information content (AvgIpc) is 3.95. The number of aromatic nitrogens is 2. The zero-order valence-electron chi connectivity index (χ0n) is 31.1. The lowest BCUT2D eigenvalue weighted by atomic mass is 9.85. The highest BCUT2D eigenvalue weighted by molar-refractivity contribution is 7.90. The molecule has 0 unspecified atom stereocenters. The number of benzene rings is 1. The van der Waals surface area contributed by atoms with Gasteiger partial charge in [-0.25, -0.2) is 18.4 Å². The van der Waals surface area contributed by atoms with Crippen molar-refractivity contribution in [1.29, 1.82) is 0 Å². The Balaban J connectivity index is 1.10. The third-order valence-electron chi connectivity index (χ3n) is 12.8. The Morgan fingerprint density at radius 2 is 1.80 bits per heavy atom. The molecular formula is C41H53N5O7S. The molecule has 1 N–H and O–H groups in total. The van der Waals surface area contributed by atoms with Gasteiger partial charge in [0.25, 0.3) is 0 Å². The smallest absolute Gasteiger partial charge is 0.240 e. The molecule has 3 aliphatic carbocycles. The highest BCUT2D eigenvalue weighted by atomic mass is 32.2. The minimum atomic E-state index is -3.71. The molecule has 5 fully saturated rings. The quantitative estimate of drug-likeness (QED) is 0.360. The molecule has 1 aromatic heterocycles. The van der Waals surface area contributed by atoms with Gasteiger partial charge < -0.3 is 19.3 Å². The monoisotopic (exact) mass is 759 g/mol. The second-order valence-corrected chi connectivity index (χ2v) is 18.4. The van der Waals surface area contributed by atoms with Crippen LogP contribution in [0, 0.1) is 23.2 Å². The van der Waals surface area contributed by atoms with E-state index < -0.39 is 38.6 Å². The second-order valence-electron chi connectivity index (χ2n) is 16.5. The molecule has 3 amide bonds. The highest BCUT2D eigenvalue weighted by Gasteiger charge is 2.59. The molecule has 3 saturated carbocycles. The molecule has 1 aromatic carbocycles.